The Morgan fingerprint density at radius 2 is 2.15 bits per heavy atom. The summed E-state index contributed by atoms with van der Waals surface area (Å²) < 4.78 is 1.74. The lowest BCUT2D eigenvalue weighted by molar-refractivity contribution is 0.770. The van der Waals surface area contributed by atoms with Crippen LogP contribution in [0, 0.1) is 0 Å². The highest BCUT2D eigenvalue weighted by molar-refractivity contribution is 5.58. The summed E-state index contributed by atoms with van der Waals surface area (Å²) in [5.41, 5.74) is 7.98. The number of nitrogen functional groups attached to an aromatic ring is 1. The van der Waals surface area contributed by atoms with Gasteiger partial charge in [0.05, 0.1) is 5.69 Å². The zero-order chi connectivity index (χ0) is 9.26. The summed E-state index contributed by atoms with van der Waals surface area (Å²) in [6.45, 7) is 0. The Morgan fingerprint density at radius 3 is 2.77 bits per heavy atom. The Balaban J connectivity index is 2.46. The number of hydrogen-bond acceptors (Lipinski definition) is 3. The molecule has 2 aromatic rings. The molecule has 0 saturated carbocycles. The molecule has 2 aromatic heterocycles. The maximum Gasteiger partial charge on any atom is 0.111 e. The topological polar surface area (TPSA) is 56.7 Å². The first-order valence-corrected chi connectivity index (χ1v) is 3.97. The van der Waals surface area contributed by atoms with E-state index in [0.717, 1.165) is 11.4 Å². The minimum absolute atomic E-state index is 0.704. The number of rotatable bonds is 1. The molecule has 0 amide bonds. The summed E-state index contributed by atoms with van der Waals surface area (Å²) in [5, 5.41) is 4.22. The van der Waals surface area contributed by atoms with E-state index in [9.17, 15) is 0 Å². The van der Waals surface area contributed by atoms with E-state index in [2.05, 4.69) is 10.1 Å². The number of aromatic nitrogens is 3. The molecule has 2 heterocycles. The third-order valence-electron chi connectivity index (χ3n) is 1.76. The average Bonchev–Trinajstić information content (AvgIpc) is 2.52. The number of anilines is 1. The van der Waals surface area contributed by atoms with E-state index in [1.54, 1.807) is 16.9 Å². The van der Waals surface area contributed by atoms with Gasteiger partial charge in [-0.05, 0) is 18.2 Å². The Kier molecular flexibility index (Phi) is 1.73. The van der Waals surface area contributed by atoms with E-state index < -0.39 is 0 Å². The minimum Gasteiger partial charge on any atom is -0.399 e. The first-order chi connectivity index (χ1) is 6.25. The second-order valence-corrected chi connectivity index (χ2v) is 2.85. The molecule has 0 radical (unpaired) electrons. The van der Waals surface area contributed by atoms with Crippen molar-refractivity contribution in [2.45, 2.75) is 0 Å². The first kappa shape index (κ1) is 7.79. The summed E-state index contributed by atoms with van der Waals surface area (Å²) in [7, 11) is 1.87. The highest BCUT2D eigenvalue weighted by Gasteiger charge is 2.01. The van der Waals surface area contributed by atoms with Crippen LogP contribution in [0.4, 0.5) is 5.69 Å². The predicted octanol–water partition coefficient (Wildman–Crippen LogP) is 1.06. The van der Waals surface area contributed by atoms with Crippen LogP contribution in [0.25, 0.3) is 11.4 Å². The van der Waals surface area contributed by atoms with Crippen molar-refractivity contribution in [3.05, 3.63) is 30.6 Å². The second-order valence-electron chi connectivity index (χ2n) is 2.85. The highest BCUT2D eigenvalue weighted by atomic mass is 15.2. The van der Waals surface area contributed by atoms with Gasteiger partial charge in [0, 0.05) is 25.1 Å². The zero-order valence-electron chi connectivity index (χ0n) is 7.31. The molecule has 4 nitrogen and oxygen atoms in total. The van der Waals surface area contributed by atoms with Crippen molar-refractivity contribution < 1.29 is 0 Å². The largest absolute Gasteiger partial charge is 0.399 e. The third kappa shape index (κ3) is 1.51. The maximum absolute atomic E-state index is 5.63. The number of aryl methyl sites for hydroxylation is 1. The molecule has 66 valence electrons. The van der Waals surface area contributed by atoms with Crippen molar-refractivity contribution >= 4 is 5.69 Å². The van der Waals surface area contributed by atoms with E-state index in [0.29, 0.717) is 5.69 Å². The molecule has 2 rings (SSSR count). The van der Waals surface area contributed by atoms with Crippen LogP contribution in [-0.2, 0) is 7.05 Å². The normalized spacial score (nSPS) is 10.2. The predicted molar refractivity (Wildman–Crippen MR) is 50.9 cm³/mol. The SMILES string of the molecule is Cn1ccc(-c2cc(N)ccn2)n1. The zero-order valence-corrected chi connectivity index (χ0v) is 7.31. The van der Waals surface area contributed by atoms with Gasteiger partial charge in [0.25, 0.3) is 0 Å². The van der Waals surface area contributed by atoms with Gasteiger partial charge in [-0.25, -0.2) is 0 Å². The van der Waals surface area contributed by atoms with Crippen LogP contribution in [0.1, 0.15) is 0 Å². The summed E-state index contributed by atoms with van der Waals surface area (Å²) in [4.78, 5) is 4.17. The molecule has 0 atom stereocenters. The molecule has 0 saturated heterocycles. The molecule has 0 fully saturated rings. The Labute approximate surface area is 76.0 Å². The number of hydrogen-bond donors (Lipinski definition) is 1. The molecular formula is C9H10N4. The number of pyridine rings is 1. The fourth-order valence-corrected chi connectivity index (χ4v) is 1.14. The van der Waals surface area contributed by atoms with Gasteiger partial charge in [0.2, 0.25) is 0 Å². The fourth-order valence-electron chi connectivity index (χ4n) is 1.14. The van der Waals surface area contributed by atoms with Crippen LogP contribution >= 0.6 is 0 Å². The Morgan fingerprint density at radius 1 is 1.31 bits per heavy atom. The van der Waals surface area contributed by atoms with Crippen LogP contribution in [0.2, 0.25) is 0 Å². The van der Waals surface area contributed by atoms with Gasteiger partial charge in [-0.15, -0.1) is 0 Å². The van der Waals surface area contributed by atoms with E-state index in [1.165, 1.54) is 0 Å². The molecule has 0 aliphatic carbocycles. The molecule has 0 unspecified atom stereocenters. The molecule has 0 aliphatic heterocycles. The van der Waals surface area contributed by atoms with Crippen molar-refractivity contribution in [3.8, 4) is 11.4 Å². The van der Waals surface area contributed by atoms with Crippen LogP contribution in [0.5, 0.6) is 0 Å². The molecule has 0 bridgehead atoms. The van der Waals surface area contributed by atoms with Gasteiger partial charge in [-0.1, -0.05) is 0 Å². The summed E-state index contributed by atoms with van der Waals surface area (Å²) in [6, 6.07) is 5.47. The molecule has 0 aliphatic rings. The minimum atomic E-state index is 0.704. The van der Waals surface area contributed by atoms with Crippen LogP contribution in [-0.4, -0.2) is 14.8 Å². The Bertz CT molecular complexity index is 419. The molecule has 13 heavy (non-hydrogen) atoms. The van der Waals surface area contributed by atoms with Crippen molar-refractivity contribution in [2.24, 2.45) is 7.05 Å². The molecular weight excluding hydrogens is 164 g/mol. The standard InChI is InChI=1S/C9H10N4/c1-13-5-3-8(12-13)9-6-7(10)2-4-11-9/h2-6H,1H3,(H2,10,11). The quantitative estimate of drug-likeness (QED) is 0.703. The van der Waals surface area contributed by atoms with Crippen LogP contribution in [0.3, 0.4) is 0 Å². The smallest absolute Gasteiger partial charge is 0.111 e. The van der Waals surface area contributed by atoms with Crippen molar-refractivity contribution in [1.29, 1.82) is 0 Å². The van der Waals surface area contributed by atoms with Crippen molar-refractivity contribution in [1.82, 2.24) is 14.8 Å². The summed E-state index contributed by atoms with van der Waals surface area (Å²) in [6.07, 6.45) is 3.56. The van der Waals surface area contributed by atoms with Gasteiger partial charge < -0.3 is 5.73 Å². The monoisotopic (exact) mass is 174 g/mol. The third-order valence-corrected chi connectivity index (χ3v) is 1.76. The number of nitrogens with zero attached hydrogens (tertiary/aromatic N) is 3. The van der Waals surface area contributed by atoms with E-state index in [1.807, 2.05) is 25.4 Å². The van der Waals surface area contributed by atoms with Gasteiger partial charge >= 0.3 is 0 Å². The summed E-state index contributed by atoms with van der Waals surface area (Å²) >= 11 is 0. The van der Waals surface area contributed by atoms with Crippen molar-refractivity contribution in [3.63, 3.8) is 0 Å². The van der Waals surface area contributed by atoms with Crippen molar-refractivity contribution in [2.75, 3.05) is 5.73 Å². The average molecular weight is 174 g/mol. The lowest BCUT2D eigenvalue weighted by Gasteiger charge is -1.96. The molecule has 4 heteroatoms. The van der Waals surface area contributed by atoms with E-state index in [-0.39, 0.29) is 0 Å². The van der Waals surface area contributed by atoms with E-state index >= 15 is 0 Å². The van der Waals surface area contributed by atoms with Gasteiger partial charge in [0.1, 0.15) is 5.69 Å². The second kappa shape index (κ2) is 2.90. The highest BCUT2D eigenvalue weighted by Crippen LogP contribution is 2.15. The van der Waals surface area contributed by atoms with Gasteiger partial charge in [-0.2, -0.15) is 5.10 Å². The molecule has 0 spiro atoms. The molecule has 0 aromatic carbocycles. The van der Waals surface area contributed by atoms with E-state index in [4.69, 9.17) is 5.73 Å². The lowest BCUT2D eigenvalue weighted by Crippen LogP contribution is -1.91. The Hall–Kier alpha value is -1.84. The molecule has 2 N–H and O–H groups in total. The van der Waals surface area contributed by atoms with Crippen LogP contribution < -0.4 is 5.73 Å². The van der Waals surface area contributed by atoms with Crippen LogP contribution in [0.15, 0.2) is 30.6 Å². The maximum atomic E-state index is 5.63. The lowest BCUT2D eigenvalue weighted by atomic mass is 10.2. The van der Waals surface area contributed by atoms with Gasteiger partial charge in [0.15, 0.2) is 0 Å². The fraction of sp³-hybridized carbons (Fsp3) is 0.111. The number of nitrogens with two attached hydrogens (primary N) is 1. The van der Waals surface area contributed by atoms with Gasteiger partial charge in [-0.3, -0.25) is 9.67 Å². The summed E-state index contributed by atoms with van der Waals surface area (Å²) in [5.74, 6) is 0. The first-order valence-electron chi connectivity index (χ1n) is 3.97.